The van der Waals surface area contributed by atoms with Crippen molar-refractivity contribution in [3.05, 3.63) is 22.9 Å². The molecule has 0 fully saturated rings. The summed E-state index contributed by atoms with van der Waals surface area (Å²) < 4.78 is 15.2. The molecule has 0 heterocycles. The van der Waals surface area contributed by atoms with Crippen LogP contribution in [0, 0.1) is 11.3 Å². The number of hydrogen-bond acceptors (Lipinski definition) is 6. The lowest BCUT2D eigenvalue weighted by molar-refractivity contribution is -0.141. The van der Waals surface area contributed by atoms with Gasteiger partial charge in [0.25, 0.3) is 0 Å². The Balaban J connectivity index is 2.71. The number of hydrogen-bond donors (Lipinski definition) is 1. The van der Waals surface area contributed by atoms with E-state index in [9.17, 15) is 10.1 Å². The van der Waals surface area contributed by atoms with Crippen LogP contribution in [-0.2, 0) is 19.0 Å². The molecule has 0 aliphatic heterocycles. The van der Waals surface area contributed by atoms with Crippen molar-refractivity contribution in [1.29, 1.82) is 5.26 Å². The molecular formula is C17H26N2O4. The van der Waals surface area contributed by atoms with Crippen molar-refractivity contribution >= 4 is 5.97 Å². The van der Waals surface area contributed by atoms with Gasteiger partial charge in [0, 0.05) is 33.1 Å². The second kappa shape index (κ2) is 10.8. The summed E-state index contributed by atoms with van der Waals surface area (Å²) in [5, 5.41) is 12.6. The molecule has 0 bridgehead atoms. The first-order chi connectivity index (χ1) is 11.1. The van der Waals surface area contributed by atoms with E-state index in [0.717, 1.165) is 37.1 Å². The highest BCUT2D eigenvalue weighted by Crippen LogP contribution is 2.24. The highest BCUT2D eigenvalue weighted by atomic mass is 16.6. The zero-order valence-corrected chi connectivity index (χ0v) is 14.2. The molecule has 0 saturated heterocycles. The van der Waals surface area contributed by atoms with E-state index in [2.05, 4.69) is 5.32 Å². The molecule has 0 aromatic carbocycles. The Morgan fingerprint density at radius 3 is 2.87 bits per heavy atom. The van der Waals surface area contributed by atoms with E-state index in [1.807, 2.05) is 12.1 Å². The Morgan fingerprint density at radius 2 is 2.22 bits per heavy atom. The first-order valence-electron chi connectivity index (χ1n) is 7.89. The lowest BCUT2D eigenvalue weighted by Gasteiger charge is -2.18. The van der Waals surface area contributed by atoms with Crippen molar-refractivity contribution in [1.82, 2.24) is 5.32 Å². The van der Waals surface area contributed by atoms with Crippen LogP contribution < -0.4 is 5.32 Å². The van der Waals surface area contributed by atoms with E-state index >= 15 is 0 Å². The average molecular weight is 322 g/mol. The number of ether oxygens (including phenoxy) is 3. The molecule has 0 spiro atoms. The molecule has 0 aromatic heterocycles. The fraction of sp³-hybridized carbons (Fsp3) is 0.647. The fourth-order valence-electron chi connectivity index (χ4n) is 2.21. The third-order valence-electron chi connectivity index (χ3n) is 3.61. The van der Waals surface area contributed by atoms with Crippen molar-refractivity contribution in [2.45, 2.75) is 38.7 Å². The largest absolute Gasteiger partial charge is 0.459 e. The molecule has 0 radical (unpaired) electrons. The van der Waals surface area contributed by atoms with Crippen LogP contribution in [0.15, 0.2) is 22.9 Å². The lowest BCUT2D eigenvalue weighted by Crippen LogP contribution is -2.21. The summed E-state index contributed by atoms with van der Waals surface area (Å²) in [4.78, 5) is 12.1. The molecule has 0 amide bonds. The molecule has 6 nitrogen and oxygen atoms in total. The van der Waals surface area contributed by atoms with E-state index in [-0.39, 0.29) is 18.3 Å². The van der Waals surface area contributed by atoms with Gasteiger partial charge in [0.05, 0.1) is 6.10 Å². The third-order valence-corrected chi connectivity index (χ3v) is 3.61. The molecule has 128 valence electrons. The van der Waals surface area contributed by atoms with Crippen molar-refractivity contribution in [2.24, 2.45) is 0 Å². The van der Waals surface area contributed by atoms with Crippen molar-refractivity contribution in [3.63, 3.8) is 0 Å². The van der Waals surface area contributed by atoms with Crippen molar-refractivity contribution in [3.8, 4) is 6.07 Å². The van der Waals surface area contributed by atoms with Crippen LogP contribution in [0.3, 0.4) is 0 Å². The van der Waals surface area contributed by atoms with Crippen LogP contribution in [0.25, 0.3) is 0 Å². The van der Waals surface area contributed by atoms with E-state index in [0.29, 0.717) is 13.0 Å². The molecule has 0 saturated carbocycles. The third kappa shape index (κ3) is 6.85. The Labute approximate surface area is 138 Å². The number of methoxy groups -OCH3 is 2. The zero-order chi connectivity index (χ0) is 17.1. The summed E-state index contributed by atoms with van der Waals surface area (Å²) in [5.41, 5.74) is 1.88. The Morgan fingerprint density at radius 1 is 1.43 bits per heavy atom. The smallest absolute Gasteiger partial charge is 0.349 e. The highest BCUT2D eigenvalue weighted by molar-refractivity contribution is 5.94. The minimum absolute atomic E-state index is 0.0872. The number of nitriles is 1. The Hall–Kier alpha value is -1.84. The summed E-state index contributed by atoms with van der Waals surface area (Å²) in [5.74, 6) is -0.580. The van der Waals surface area contributed by atoms with E-state index < -0.39 is 5.97 Å². The summed E-state index contributed by atoms with van der Waals surface area (Å²) in [6.45, 7) is 3.45. The van der Waals surface area contributed by atoms with Gasteiger partial charge in [-0.05, 0) is 44.3 Å². The van der Waals surface area contributed by atoms with Gasteiger partial charge in [-0.2, -0.15) is 5.26 Å². The first-order valence-corrected chi connectivity index (χ1v) is 7.89. The number of carbonyl (C=O) groups excluding carboxylic acids is 1. The molecule has 23 heavy (non-hydrogen) atoms. The number of nitrogens with one attached hydrogen (secondary N) is 1. The quantitative estimate of drug-likeness (QED) is 0.303. The molecule has 1 unspecified atom stereocenters. The van der Waals surface area contributed by atoms with Gasteiger partial charge in [-0.3, -0.25) is 0 Å². The van der Waals surface area contributed by atoms with E-state index in [1.165, 1.54) is 0 Å². The van der Waals surface area contributed by atoms with Gasteiger partial charge in [0.1, 0.15) is 18.2 Å². The molecule has 1 rings (SSSR count). The maximum Gasteiger partial charge on any atom is 0.349 e. The predicted molar refractivity (Wildman–Crippen MR) is 86.5 cm³/mol. The number of esters is 1. The van der Waals surface area contributed by atoms with Crippen LogP contribution in [0.5, 0.6) is 0 Å². The maximum absolute atomic E-state index is 12.1. The normalized spacial score (nSPS) is 17.7. The maximum atomic E-state index is 12.1. The SMILES string of the molecule is COCCCNC1=C/C(=C(/C#N)C(=O)OCC(C)OC)CCC1. The summed E-state index contributed by atoms with van der Waals surface area (Å²) in [7, 11) is 3.23. The van der Waals surface area contributed by atoms with Gasteiger partial charge < -0.3 is 19.5 Å². The Bertz CT molecular complexity index is 491. The van der Waals surface area contributed by atoms with Gasteiger partial charge in [0.2, 0.25) is 0 Å². The fourth-order valence-corrected chi connectivity index (χ4v) is 2.21. The van der Waals surface area contributed by atoms with Crippen molar-refractivity contribution < 1.29 is 19.0 Å². The lowest BCUT2D eigenvalue weighted by atomic mass is 9.95. The predicted octanol–water partition coefficient (Wildman–Crippen LogP) is 2.08. The van der Waals surface area contributed by atoms with Gasteiger partial charge in [-0.25, -0.2) is 4.79 Å². The van der Waals surface area contributed by atoms with E-state index in [4.69, 9.17) is 14.2 Å². The molecule has 1 aliphatic rings. The van der Waals surface area contributed by atoms with Crippen LogP contribution in [0.1, 0.15) is 32.6 Å². The van der Waals surface area contributed by atoms with Gasteiger partial charge >= 0.3 is 5.97 Å². The van der Waals surface area contributed by atoms with Crippen molar-refractivity contribution in [2.75, 3.05) is 34.0 Å². The van der Waals surface area contributed by atoms with Gasteiger partial charge in [-0.15, -0.1) is 0 Å². The van der Waals surface area contributed by atoms with Crippen LogP contribution >= 0.6 is 0 Å². The second-order valence-corrected chi connectivity index (χ2v) is 5.45. The summed E-state index contributed by atoms with van der Waals surface area (Å²) in [6, 6.07) is 1.98. The van der Waals surface area contributed by atoms with Gasteiger partial charge in [0.15, 0.2) is 0 Å². The first kappa shape index (κ1) is 19.2. The van der Waals surface area contributed by atoms with Gasteiger partial charge in [-0.1, -0.05) is 0 Å². The minimum Gasteiger partial charge on any atom is -0.459 e. The molecule has 1 N–H and O–H groups in total. The summed E-state index contributed by atoms with van der Waals surface area (Å²) in [6.07, 6.45) is 5.16. The monoisotopic (exact) mass is 322 g/mol. The highest BCUT2D eigenvalue weighted by Gasteiger charge is 2.19. The Kier molecular flexibility index (Phi) is 9.03. The van der Waals surface area contributed by atoms with Crippen LogP contribution in [0.4, 0.5) is 0 Å². The standard InChI is InChI=1S/C17H26N2O4/c1-13(22-3)12-23-17(20)16(11-18)14-6-4-7-15(10-14)19-8-5-9-21-2/h10,13,19H,4-9,12H2,1-3H3/b16-14-. The van der Waals surface area contributed by atoms with Crippen LogP contribution in [-0.4, -0.2) is 46.1 Å². The second-order valence-electron chi connectivity index (χ2n) is 5.45. The number of rotatable bonds is 9. The molecule has 6 heteroatoms. The molecular weight excluding hydrogens is 296 g/mol. The van der Waals surface area contributed by atoms with Crippen LogP contribution in [0.2, 0.25) is 0 Å². The number of carbonyl (C=O) groups is 1. The molecule has 0 aromatic rings. The summed E-state index contributed by atoms with van der Waals surface area (Å²) >= 11 is 0. The minimum atomic E-state index is -0.580. The molecule has 1 aliphatic carbocycles. The van der Waals surface area contributed by atoms with E-state index in [1.54, 1.807) is 21.1 Å². The number of allylic oxidation sites excluding steroid dienone is 3. The number of nitrogens with zero attached hydrogens (tertiary/aromatic N) is 1. The molecule has 1 atom stereocenters. The zero-order valence-electron chi connectivity index (χ0n) is 14.2. The average Bonchev–Trinajstić information content (AvgIpc) is 2.57. The topological polar surface area (TPSA) is 80.6 Å².